The molecule has 0 rings (SSSR count). The molecule has 0 saturated carbocycles. The maximum absolute atomic E-state index is 8.63. The van der Waals surface area contributed by atoms with E-state index in [1.807, 2.05) is 6.08 Å². The van der Waals surface area contributed by atoms with E-state index in [1.165, 1.54) is 0 Å². The molecule has 1 unspecified atom stereocenters. The van der Waals surface area contributed by atoms with Crippen molar-refractivity contribution >= 4 is 0 Å². The van der Waals surface area contributed by atoms with Gasteiger partial charge >= 0.3 is 0 Å². The van der Waals surface area contributed by atoms with E-state index in [2.05, 4.69) is 20.4 Å². The van der Waals surface area contributed by atoms with Crippen molar-refractivity contribution in [2.45, 2.75) is 26.7 Å². The molecule has 0 aliphatic carbocycles. The minimum atomic E-state index is 0.281. The second-order valence-corrected chi connectivity index (χ2v) is 3.14. The van der Waals surface area contributed by atoms with E-state index in [4.69, 9.17) is 5.11 Å². The summed E-state index contributed by atoms with van der Waals surface area (Å²) in [6.45, 7) is 8.38. The number of allylic oxidation sites excluding steroid dienone is 1. The third-order valence-electron chi connectivity index (χ3n) is 1.61. The van der Waals surface area contributed by atoms with Gasteiger partial charge in [0.2, 0.25) is 0 Å². The predicted octanol–water partition coefficient (Wildman–Crippen LogP) is 2.22. The topological polar surface area (TPSA) is 20.2 Å². The monoisotopic (exact) mass is 142 g/mol. The lowest BCUT2D eigenvalue weighted by Gasteiger charge is -2.12. The molecule has 1 N–H and O–H groups in total. The summed E-state index contributed by atoms with van der Waals surface area (Å²) in [6, 6.07) is 0. The second-order valence-electron chi connectivity index (χ2n) is 3.14. The lowest BCUT2D eigenvalue weighted by atomic mass is 9.95. The van der Waals surface area contributed by atoms with Gasteiger partial charge in [-0.2, -0.15) is 0 Å². The van der Waals surface area contributed by atoms with Gasteiger partial charge in [-0.3, -0.25) is 0 Å². The van der Waals surface area contributed by atoms with Crippen molar-refractivity contribution in [2.75, 3.05) is 6.61 Å². The first-order valence-corrected chi connectivity index (χ1v) is 3.94. The molecule has 1 nitrogen and oxygen atoms in total. The van der Waals surface area contributed by atoms with Crippen molar-refractivity contribution in [1.29, 1.82) is 0 Å². The fourth-order valence-electron chi connectivity index (χ4n) is 1.10. The number of aliphatic hydroxyl groups excluding tert-OH is 1. The Morgan fingerprint density at radius 3 is 2.40 bits per heavy atom. The Morgan fingerprint density at radius 1 is 1.50 bits per heavy atom. The van der Waals surface area contributed by atoms with Crippen LogP contribution in [0.2, 0.25) is 0 Å². The molecule has 60 valence electrons. The summed E-state index contributed by atoms with van der Waals surface area (Å²) in [5, 5.41) is 8.63. The average molecular weight is 142 g/mol. The molecule has 0 fully saturated rings. The van der Waals surface area contributed by atoms with Crippen molar-refractivity contribution in [3.63, 3.8) is 0 Å². The number of hydrogen-bond acceptors (Lipinski definition) is 1. The minimum Gasteiger partial charge on any atom is -0.396 e. The average Bonchev–Trinajstić information content (AvgIpc) is 1.86. The smallest absolute Gasteiger partial charge is 0.0436 e. The zero-order chi connectivity index (χ0) is 7.98. The molecule has 1 atom stereocenters. The number of aliphatic hydroxyl groups is 1. The van der Waals surface area contributed by atoms with E-state index in [1.54, 1.807) is 0 Å². The van der Waals surface area contributed by atoms with Gasteiger partial charge in [0.25, 0.3) is 0 Å². The Morgan fingerprint density at radius 2 is 2.10 bits per heavy atom. The van der Waals surface area contributed by atoms with E-state index < -0.39 is 0 Å². The van der Waals surface area contributed by atoms with Crippen LogP contribution in [-0.4, -0.2) is 11.7 Å². The standard InChI is InChI=1S/C9H18O/c1-4-9(5-6-10)7-8(2)3/h4,8-10H,1,5-7H2,2-3H3. The molecule has 0 aromatic carbocycles. The summed E-state index contributed by atoms with van der Waals surface area (Å²) < 4.78 is 0. The van der Waals surface area contributed by atoms with E-state index >= 15 is 0 Å². The number of rotatable bonds is 5. The first-order chi connectivity index (χ1) is 4.70. The van der Waals surface area contributed by atoms with Crippen molar-refractivity contribution in [2.24, 2.45) is 11.8 Å². The molecule has 10 heavy (non-hydrogen) atoms. The van der Waals surface area contributed by atoms with Gasteiger partial charge < -0.3 is 5.11 Å². The highest BCUT2D eigenvalue weighted by Crippen LogP contribution is 2.15. The molecular formula is C9H18O. The Labute approximate surface area is 63.8 Å². The maximum Gasteiger partial charge on any atom is 0.0436 e. The zero-order valence-electron chi connectivity index (χ0n) is 7.01. The molecular weight excluding hydrogens is 124 g/mol. The van der Waals surface area contributed by atoms with Crippen LogP contribution in [-0.2, 0) is 0 Å². The SMILES string of the molecule is C=CC(CCO)CC(C)C. The Hall–Kier alpha value is -0.300. The molecule has 0 amide bonds. The largest absolute Gasteiger partial charge is 0.396 e. The van der Waals surface area contributed by atoms with Gasteiger partial charge in [0.1, 0.15) is 0 Å². The van der Waals surface area contributed by atoms with Crippen LogP contribution in [0.1, 0.15) is 26.7 Å². The molecule has 0 aliphatic heterocycles. The fraction of sp³-hybridized carbons (Fsp3) is 0.778. The lowest BCUT2D eigenvalue weighted by Crippen LogP contribution is -2.03. The highest BCUT2D eigenvalue weighted by molar-refractivity contribution is 4.79. The lowest BCUT2D eigenvalue weighted by molar-refractivity contribution is 0.260. The van der Waals surface area contributed by atoms with E-state index in [-0.39, 0.29) is 6.61 Å². The highest BCUT2D eigenvalue weighted by atomic mass is 16.3. The van der Waals surface area contributed by atoms with Gasteiger partial charge in [-0.1, -0.05) is 19.9 Å². The van der Waals surface area contributed by atoms with Gasteiger partial charge in [0, 0.05) is 6.61 Å². The van der Waals surface area contributed by atoms with E-state index in [9.17, 15) is 0 Å². The quantitative estimate of drug-likeness (QED) is 0.583. The van der Waals surface area contributed by atoms with Gasteiger partial charge in [0.15, 0.2) is 0 Å². The summed E-state index contributed by atoms with van der Waals surface area (Å²) in [7, 11) is 0. The molecule has 1 heteroatoms. The summed E-state index contributed by atoms with van der Waals surface area (Å²) >= 11 is 0. The van der Waals surface area contributed by atoms with Gasteiger partial charge in [-0.25, -0.2) is 0 Å². The highest BCUT2D eigenvalue weighted by Gasteiger charge is 2.04. The summed E-state index contributed by atoms with van der Waals surface area (Å²) in [4.78, 5) is 0. The molecule has 0 aromatic rings. The fourth-order valence-corrected chi connectivity index (χ4v) is 1.10. The van der Waals surface area contributed by atoms with Crippen molar-refractivity contribution in [3.8, 4) is 0 Å². The second kappa shape index (κ2) is 5.48. The first kappa shape index (κ1) is 9.70. The molecule has 0 radical (unpaired) electrons. The van der Waals surface area contributed by atoms with Crippen LogP contribution in [0.3, 0.4) is 0 Å². The summed E-state index contributed by atoms with van der Waals surface area (Å²) in [6.07, 6.45) is 3.95. The third-order valence-corrected chi connectivity index (χ3v) is 1.61. The number of hydrogen-bond donors (Lipinski definition) is 1. The molecule has 0 heterocycles. The molecule has 0 aromatic heterocycles. The van der Waals surface area contributed by atoms with Gasteiger partial charge in [-0.15, -0.1) is 6.58 Å². The van der Waals surface area contributed by atoms with Crippen molar-refractivity contribution in [3.05, 3.63) is 12.7 Å². The normalized spacial score (nSPS) is 13.6. The van der Waals surface area contributed by atoms with E-state index in [0.29, 0.717) is 11.8 Å². The van der Waals surface area contributed by atoms with Crippen LogP contribution < -0.4 is 0 Å². The Balaban J connectivity index is 3.49. The molecule has 0 spiro atoms. The van der Waals surface area contributed by atoms with Crippen molar-refractivity contribution in [1.82, 2.24) is 0 Å². The minimum absolute atomic E-state index is 0.281. The maximum atomic E-state index is 8.63. The van der Waals surface area contributed by atoms with Gasteiger partial charge in [0.05, 0.1) is 0 Å². The van der Waals surface area contributed by atoms with Crippen LogP contribution in [0.25, 0.3) is 0 Å². The summed E-state index contributed by atoms with van der Waals surface area (Å²) in [5.74, 6) is 1.21. The van der Waals surface area contributed by atoms with Crippen LogP contribution in [0.15, 0.2) is 12.7 Å². The van der Waals surface area contributed by atoms with Crippen LogP contribution in [0, 0.1) is 11.8 Å². The predicted molar refractivity (Wildman–Crippen MR) is 44.8 cm³/mol. The van der Waals surface area contributed by atoms with Crippen molar-refractivity contribution < 1.29 is 5.11 Å². The van der Waals surface area contributed by atoms with Crippen LogP contribution in [0.4, 0.5) is 0 Å². The zero-order valence-corrected chi connectivity index (χ0v) is 7.01. The van der Waals surface area contributed by atoms with E-state index in [0.717, 1.165) is 12.8 Å². The van der Waals surface area contributed by atoms with Crippen LogP contribution in [0.5, 0.6) is 0 Å². The molecule has 0 aliphatic rings. The van der Waals surface area contributed by atoms with Gasteiger partial charge in [-0.05, 0) is 24.7 Å². The molecule has 0 saturated heterocycles. The summed E-state index contributed by atoms with van der Waals surface area (Å²) in [5.41, 5.74) is 0. The molecule has 0 bridgehead atoms. The first-order valence-electron chi connectivity index (χ1n) is 3.94. The van der Waals surface area contributed by atoms with Crippen LogP contribution >= 0.6 is 0 Å². The Kier molecular flexibility index (Phi) is 5.32. The Bertz CT molecular complexity index is 86.7. The third kappa shape index (κ3) is 4.57.